The van der Waals surface area contributed by atoms with Crippen molar-refractivity contribution in [3.63, 3.8) is 0 Å². The molecule has 3 nitrogen and oxygen atoms in total. The van der Waals surface area contributed by atoms with Crippen LogP contribution in [0.15, 0.2) is 30.3 Å². The number of hydrogen-bond donors (Lipinski definition) is 0. The van der Waals surface area contributed by atoms with Crippen molar-refractivity contribution in [2.45, 2.75) is 0 Å². The topological polar surface area (TPSA) is 64.7 Å². The van der Waals surface area contributed by atoms with Crippen LogP contribution in [0.1, 0.15) is 20.8 Å². The zero-order valence-electron chi connectivity index (χ0n) is 8.68. The van der Waals surface area contributed by atoms with Gasteiger partial charge < -0.3 is 0 Å². The third-order valence-electron chi connectivity index (χ3n) is 2.29. The molecule has 4 heteroatoms. The Hall–Kier alpha value is -2.43. The lowest BCUT2D eigenvalue weighted by Gasteiger charge is -1.99. The maximum absolute atomic E-state index is 10.6. The number of nitriles is 2. The standard InChI is InChI=1S/C13H6N2OS/c14-6-10-2-1-9(5-11(10)7-15)13-4-3-12(8-16)17-13/h1-5,8H. The highest BCUT2D eigenvalue weighted by Gasteiger charge is 2.06. The quantitative estimate of drug-likeness (QED) is 0.755. The van der Waals surface area contributed by atoms with Gasteiger partial charge in [-0.05, 0) is 29.8 Å². The zero-order valence-corrected chi connectivity index (χ0v) is 9.49. The first kappa shape index (κ1) is 11.1. The fourth-order valence-corrected chi connectivity index (χ4v) is 2.28. The van der Waals surface area contributed by atoms with E-state index in [0.29, 0.717) is 16.0 Å². The number of aldehydes is 1. The maximum Gasteiger partial charge on any atom is 0.160 e. The minimum Gasteiger partial charge on any atom is -0.297 e. The fraction of sp³-hybridized carbons (Fsp3) is 0. The lowest BCUT2D eigenvalue weighted by Crippen LogP contribution is -1.84. The molecule has 0 saturated carbocycles. The van der Waals surface area contributed by atoms with Crippen LogP contribution in [0.2, 0.25) is 0 Å². The van der Waals surface area contributed by atoms with Crippen LogP contribution in [0.3, 0.4) is 0 Å². The minimum absolute atomic E-state index is 0.353. The van der Waals surface area contributed by atoms with Crippen LogP contribution in [0, 0.1) is 22.7 Å². The molecule has 1 aromatic carbocycles. The first-order valence-electron chi connectivity index (χ1n) is 4.78. The second-order valence-corrected chi connectivity index (χ2v) is 4.42. The third kappa shape index (κ3) is 2.08. The monoisotopic (exact) mass is 238 g/mol. The first-order chi connectivity index (χ1) is 8.28. The molecule has 0 aliphatic heterocycles. The predicted octanol–water partition coefficient (Wildman–Crippen LogP) is 2.97. The summed E-state index contributed by atoms with van der Waals surface area (Å²) in [5.41, 5.74) is 1.56. The second-order valence-electron chi connectivity index (χ2n) is 3.30. The molecule has 0 amide bonds. The molecule has 0 fully saturated rings. The molecular formula is C13H6N2OS. The van der Waals surface area contributed by atoms with Gasteiger partial charge in [-0.15, -0.1) is 11.3 Å². The van der Waals surface area contributed by atoms with Crippen LogP contribution < -0.4 is 0 Å². The maximum atomic E-state index is 10.6. The zero-order chi connectivity index (χ0) is 12.3. The highest BCUT2D eigenvalue weighted by molar-refractivity contribution is 7.17. The Morgan fingerprint density at radius 2 is 1.82 bits per heavy atom. The second kappa shape index (κ2) is 4.61. The molecular weight excluding hydrogens is 232 g/mol. The Kier molecular flexibility index (Phi) is 3.00. The van der Waals surface area contributed by atoms with E-state index in [-0.39, 0.29) is 0 Å². The normalized spacial score (nSPS) is 9.29. The minimum atomic E-state index is 0.353. The van der Waals surface area contributed by atoms with E-state index in [1.165, 1.54) is 11.3 Å². The van der Waals surface area contributed by atoms with Crippen LogP contribution >= 0.6 is 11.3 Å². The number of carbonyl (C=O) groups excluding carboxylic acids is 1. The van der Waals surface area contributed by atoms with Crippen molar-refractivity contribution in [3.8, 4) is 22.6 Å². The van der Waals surface area contributed by atoms with Gasteiger partial charge in [-0.25, -0.2) is 0 Å². The molecule has 0 aliphatic carbocycles. The van der Waals surface area contributed by atoms with E-state index in [0.717, 1.165) is 16.7 Å². The number of hydrogen-bond acceptors (Lipinski definition) is 4. The van der Waals surface area contributed by atoms with Crippen molar-refractivity contribution in [2.75, 3.05) is 0 Å². The smallest absolute Gasteiger partial charge is 0.160 e. The van der Waals surface area contributed by atoms with Crippen molar-refractivity contribution in [3.05, 3.63) is 46.3 Å². The molecule has 0 aliphatic rings. The van der Waals surface area contributed by atoms with Gasteiger partial charge >= 0.3 is 0 Å². The van der Waals surface area contributed by atoms with E-state index in [9.17, 15) is 4.79 Å². The van der Waals surface area contributed by atoms with Crippen LogP contribution in [0.4, 0.5) is 0 Å². The van der Waals surface area contributed by atoms with Crippen molar-refractivity contribution in [1.82, 2.24) is 0 Å². The molecule has 2 rings (SSSR count). The average Bonchev–Trinajstić information content (AvgIpc) is 2.86. The number of nitrogens with zero attached hydrogens (tertiary/aromatic N) is 2. The Balaban J connectivity index is 2.51. The molecule has 0 atom stereocenters. The summed E-state index contributed by atoms with van der Waals surface area (Å²) in [6.45, 7) is 0. The van der Waals surface area contributed by atoms with Crippen molar-refractivity contribution < 1.29 is 4.79 Å². The summed E-state index contributed by atoms with van der Waals surface area (Å²) >= 11 is 1.36. The lowest BCUT2D eigenvalue weighted by atomic mass is 10.0. The van der Waals surface area contributed by atoms with Gasteiger partial charge in [-0.3, -0.25) is 4.79 Å². The van der Waals surface area contributed by atoms with E-state index >= 15 is 0 Å². The Morgan fingerprint density at radius 1 is 1.06 bits per heavy atom. The molecule has 80 valence electrons. The van der Waals surface area contributed by atoms with Gasteiger partial charge in [-0.1, -0.05) is 6.07 Å². The molecule has 0 unspecified atom stereocenters. The van der Waals surface area contributed by atoms with Gasteiger partial charge in [-0.2, -0.15) is 10.5 Å². The van der Waals surface area contributed by atoms with Crippen molar-refractivity contribution in [1.29, 1.82) is 10.5 Å². The van der Waals surface area contributed by atoms with E-state index in [4.69, 9.17) is 10.5 Å². The Morgan fingerprint density at radius 3 is 2.41 bits per heavy atom. The van der Waals surface area contributed by atoms with E-state index in [2.05, 4.69) is 0 Å². The Bertz CT molecular complexity index is 659. The van der Waals surface area contributed by atoms with Crippen molar-refractivity contribution >= 4 is 17.6 Å². The summed E-state index contributed by atoms with van der Waals surface area (Å²) in [4.78, 5) is 12.1. The summed E-state index contributed by atoms with van der Waals surface area (Å²) in [5.74, 6) is 0. The molecule has 0 spiro atoms. The summed E-state index contributed by atoms with van der Waals surface area (Å²) in [6.07, 6.45) is 0.795. The summed E-state index contributed by atoms with van der Waals surface area (Å²) in [7, 11) is 0. The lowest BCUT2D eigenvalue weighted by molar-refractivity contribution is 0.112. The van der Waals surface area contributed by atoms with Gasteiger partial charge in [0.2, 0.25) is 0 Å². The molecule has 0 N–H and O–H groups in total. The molecule has 0 bridgehead atoms. The van der Waals surface area contributed by atoms with Crippen LogP contribution in [-0.2, 0) is 0 Å². The van der Waals surface area contributed by atoms with Gasteiger partial charge in [0.25, 0.3) is 0 Å². The number of rotatable bonds is 2. The third-order valence-corrected chi connectivity index (χ3v) is 3.35. The molecule has 1 heterocycles. The molecule has 17 heavy (non-hydrogen) atoms. The van der Waals surface area contributed by atoms with E-state index in [1.807, 2.05) is 18.2 Å². The molecule has 0 saturated heterocycles. The van der Waals surface area contributed by atoms with Crippen LogP contribution in [0.25, 0.3) is 10.4 Å². The fourth-order valence-electron chi connectivity index (χ4n) is 1.46. The van der Waals surface area contributed by atoms with Gasteiger partial charge in [0, 0.05) is 4.88 Å². The predicted molar refractivity (Wildman–Crippen MR) is 64.6 cm³/mol. The van der Waals surface area contributed by atoms with Gasteiger partial charge in [0.15, 0.2) is 6.29 Å². The largest absolute Gasteiger partial charge is 0.297 e. The summed E-state index contributed by atoms with van der Waals surface area (Å²) in [6, 6.07) is 12.6. The number of carbonyl (C=O) groups is 1. The van der Waals surface area contributed by atoms with E-state index < -0.39 is 0 Å². The summed E-state index contributed by atoms with van der Waals surface area (Å²) in [5, 5.41) is 17.7. The van der Waals surface area contributed by atoms with Gasteiger partial charge in [0.05, 0.1) is 16.0 Å². The average molecular weight is 238 g/mol. The SMILES string of the molecule is N#Cc1ccc(-c2ccc(C=O)s2)cc1C#N. The van der Waals surface area contributed by atoms with E-state index in [1.54, 1.807) is 24.3 Å². The van der Waals surface area contributed by atoms with Crippen LogP contribution in [0.5, 0.6) is 0 Å². The Labute approximate surface area is 102 Å². The first-order valence-corrected chi connectivity index (χ1v) is 5.60. The van der Waals surface area contributed by atoms with Gasteiger partial charge in [0.1, 0.15) is 12.1 Å². The molecule has 1 aromatic heterocycles. The highest BCUT2D eigenvalue weighted by Crippen LogP contribution is 2.28. The highest BCUT2D eigenvalue weighted by atomic mass is 32.1. The van der Waals surface area contributed by atoms with Crippen molar-refractivity contribution in [2.24, 2.45) is 0 Å². The number of benzene rings is 1. The van der Waals surface area contributed by atoms with Crippen LogP contribution in [-0.4, -0.2) is 6.29 Å². The molecule has 2 aromatic rings. The summed E-state index contributed by atoms with van der Waals surface area (Å²) < 4.78 is 0. The number of thiophene rings is 1. The molecule has 0 radical (unpaired) electrons.